The van der Waals surface area contributed by atoms with E-state index < -0.39 is 10.9 Å². The number of nitro benzene ring substituents is 1. The summed E-state index contributed by atoms with van der Waals surface area (Å²) < 4.78 is 12.4. The van der Waals surface area contributed by atoms with E-state index in [1.807, 2.05) is 6.07 Å². The van der Waals surface area contributed by atoms with Gasteiger partial charge in [0, 0.05) is 29.0 Å². The molecular weight excluding hydrogens is 418 g/mol. The molecule has 0 unspecified atom stereocenters. The lowest BCUT2D eigenvalue weighted by atomic mass is 9.68. The molecule has 33 heavy (non-hydrogen) atoms. The van der Waals surface area contributed by atoms with E-state index in [-0.39, 0.29) is 29.5 Å². The van der Waals surface area contributed by atoms with Gasteiger partial charge in [-0.2, -0.15) is 0 Å². The third kappa shape index (κ3) is 4.65. The number of hydrogen-bond acceptors (Lipinski definition) is 5. The molecule has 4 rings (SSSR count). The number of nitro groups is 1. The topological polar surface area (TPSA) is 78.7 Å². The maximum atomic E-state index is 13.0. The van der Waals surface area contributed by atoms with Crippen LogP contribution in [0.15, 0.2) is 48.0 Å². The molecule has 0 N–H and O–H groups in total. The van der Waals surface area contributed by atoms with Gasteiger partial charge in [-0.25, -0.2) is 0 Å². The smallest absolute Gasteiger partial charge is 0.315 e. The van der Waals surface area contributed by atoms with Gasteiger partial charge in [0.2, 0.25) is 0 Å². The second-order valence-electron chi connectivity index (χ2n) is 9.68. The molecule has 6 heteroatoms. The van der Waals surface area contributed by atoms with Crippen molar-refractivity contribution in [1.29, 1.82) is 0 Å². The molecule has 6 nitrogen and oxygen atoms in total. The van der Waals surface area contributed by atoms with Crippen LogP contribution in [-0.2, 0) is 17.6 Å². The van der Waals surface area contributed by atoms with E-state index in [1.54, 1.807) is 18.2 Å². The number of allylic oxidation sites excluding steroid dienone is 2. The van der Waals surface area contributed by atoms with E-state index in [0.717, 1.165) is 42.6 Å². The van der Waals surface area contributed by atoms with Crippen LogP contribution in [0.25, 0.3) is 0 Å². The van der Waals surface area contributed by atoms with Crippen LogP contribution in [0.5, 0.6) is 11.5 Å². The van der Waals surface area contributed by atoms with Crippen LogP contribution in [0.2, 0.25) is 0 Å². The minimum atomic E-state index is -0.516. The predicted molar refractivity (Wildman–Crippen MR) is 127 cm³/mol. The molecule has 2 atom stereocenters. The van der Waals surface area contributed by atoms with E-state index in [4.69, 9.17) is 9.47 Å². The average molecular weight is 450 g/mol. The van der Waals surface area contributed by atoms with Gasteiger partial charge in [0.25, 0.3) is 5.69 Å². The molecule has 0 saturated carbocycles. The van der Waals surface area contributed by atoms with E-state index in [1.165, 1.54) is 11.6 Å². The van der Waals surface area contributed by atoms with E-state index >= 15 is 0 Å². The highest BCUT2D eigenvalue weighted by Gasteiger charge is 2.45. The summed E-state index contributed by atoms with van der Waals surface area (Å²) in [6.45, 7) is 8.52. The van der Waals surface area contributed by atoms with Crippen molar-refractivity contribution in [2.24, 2.45) is 5.92 Å². The summed E-state index contributed by atoms with van der Waals surface area (Å²) in [5.41, 5.74) is 3.23. The van der Waals surface area contributed by atoms with Crippen molar-refractivity contribution in [2.75, 3.05) is 0 Å². The van der Waals surface area contributed by atoms with E-state index in [2.05, 4.69) is 39.8 Å². The molecule has 2 aromatic rings. The molecule has 0 spiro atoms. The quantitative estimate of drug-likeness (QED) is 0.170. The Morgan fingerprint density at radius 2 is 2.03 bits per heavy atom. The molecule has 0 bridgehead atoms. The largest absolute Gasteiger partial charge is 0.487 e. The summed E-state index contributed by atoms with van der Waals surface area (Å²) in [5.74, 6) is 1.14. The zero-order valence-electron chi connectivity index (χ0n) is 19.7. The first-order valence-electron chi connectivity index (χ1n) is 11.7. The first kappa shape index (κ1) is 23.0. The number of para-hydroxylation sites is 1. The lowest BCUT2D eigenvalue weighted by Gasteiger charge is -2.46. The number of rotatable bonds is 6. The Kier molecular flexibility index (Phi) is 6.28. The molecule has 0 amide bonds. The van der Waals surface area contributed by atoms with Gasteiger partial charge in [0.1, 0.15) is 17.1 Å². The van der Waals surface area contributed by atoms with Crippen molar-refractivity contribution >= 4 is 11.7 Å². The second kappa shape index (κ2) is 9.00. The van der Waals surface area contributed by atoms with Gasteiger partial charge in [0.15, 0.2) is 0 Å². The monoisotopic (exact) mass is 449 g/mol. The lowest BCUT2D eigenvalue weighted by molar-refractivity contribution is -0.385. The predicted octanol–water partition coefficient (Wildman–Crippen LogP) is 6.31. The number of hydrogen-bond donors (Lipinski definition) is 0. The third-order valence-electron chi connectivity index (χ3n) is 6.80. The van der Waals surface area contributed by atoms with Crippen LogP contribution in [0.3, 0.4) is 0 Å². The van der Waals surface area contributed by atoms with Gasteiger partial charge in [-0.15, -0.1) is 0 Å². The maximum absolute atomic E-state index is 13.0. The zero-order chi connectivity index (χ0) is 23.8. The second-order valence-corrected chi connectivity index (χ2v) is 9.68. The zero-order valence-corrected chi connectivity index (χ0v) is 19.7. The molecule has 2 aromatic carbocycles. The van der Waals surface area contributed by atoms with Gasteiger partial charge >= 0.3 is 5.97 Å². The van der Waals surface area contributed by atoms with Gasteiger partial charge in [-0.3, -0.25) is 14.9 Å². The van der Waals surface area contributed by atoms with Crippen LogP contribution in [0.1, 0.15) is 69.6 Å². The van der Waals surface area contributed by atoms with Crippen LogP contribution in [-0.4, -0.2) is 16.5 Å². The fourth-order valence-corrected chi connectivity index (χ4v) is 5.23. The number of nitrogens with zero attached hydrogens (tertiary/aromatic N) is 1. The maximum Gasteiger partial charge on any atom is 0.315 e. The minimum absolute atomic E-state index is 0.0767. The van der Waals surface area contributed by atoms with Gasteiger partial charge in [-0.05, 0) is 57.7 Å². The van der Waals surface area contributed by atoms with Crippen molar-refractivity contribution in [3.05, 3.63) is 74.9 Å². The molecule has 0 aromatic heterocycles. The highest BCUT2D eigenvalue weighted by molar-refractivity contribution is 5.77. The number of esters is 1. The summed E-state index contributed by atoms with van der Waals surface area (Å²) in [6.07, 6.45) is 5.96. The summed E-state index contributed by atoms with van der Waals surface area (Å²) >= 11 is 0. The minimum Gasteiger partial charge on any atom is -0.487 e. The molecule has 1 heterocycles. The first-order chi connectivity index (χ1) is 15.7. The highest BCUT2D eigenvalue weighted by atomic mass is 16.6. The summed E-state index contributed by atoms with van der Waals surface area (Å²) in [6, 6.07) is 10.3. The van der Waals surface area contributed by atoms with Crippen molar-refractivity contribution < 1.29 is 19.2 Å². The van der Waals surface area contributed by atoms with Crippen LogP contribution in [0.4, 0.5) is 5.69 Å². The van der Waals surface area contributed by atoms with Crippen molar-refractivity contribution in [3.8, 4) is 11.5 Å². The molecule has 2 aliphatic rings. The highest BCUT2D eigenvalue weighted by Crippen LogP contribution is 2.53. The van der Waals surface area contributed by atoms with Crippen LogP contribution >= 0.6 is 0 Å². The Balaban J connectivity index is 1.73. The van der Waals surface area contributed by atoms with Crippen molar-refractivity contribution in [3.63, 3.8) is 0 Å². The first-order valence-corrected chi connectivity index (χ1v) is 11.7. The average Bonchev–Trinajstić information content (AvgIpc) is 2.73. The molecule has 174 valence electrons. The molecular formula is C27H31NO5. The number of carbonyl (C=O) groups is 1. The Hall–Kier alpha value is -3.15. The third-order valence-corrected chi connectivity index (χ3v) is 6.80. The normalized spacial score (nSPS) is 20.7. The van der Waals surface area contributed by atoms with Crippen molar-refractivity contribution in [1.82, 2.24) is 0 Å². The molecule has 1 aliphatic carbocycles. The number of fused-ring (bicyclic) bond motifs is 3. The summed E-state index contributed by atoms with van der Waals surface area (Å²) in [7, 11) is 0. The van der Waals surface area contributed by atoms with Gasteiger partial charge in [-0.1, -0.05) is 43.2 Å². The number of benzene rings is 2. The Morgan fingerprint density at radius 3 is 2.76 bits per heavy atom. The Bertz CT molecular complexity index is 1120. The van der Waals surface area contributed by atoms with Crippen LogP contribution in [0, 0.1) is 16.0 Å². The molecule has 1 aliphatic heterocycles. The summed E-state index contributed by atoms with van der Waals surface area (Å²) in [4.78, 5) is 23.8. The molecule has 0 fully saturated rings. The molecule has 0 saturated heterocycles. The van der Waals surface area contributed by atoms with Crippen molar-refractivity contribution in [2.45, 2.75) is 71.3 Å². The van der Waals surface area contributed by atoms with E-state index in [9.17, 15) is 14.9 Å². The fraction of sp³-hybridized carbons (Fsp3) is 0.444. The fourth-order valence-electron chi connectivity index (χ4n) is 5.23. The Labute approximate surface area is 194 Å². The van der Waals surface area contributed by atoms with E-state index in [0.29, 0.717) is 11.3 Å². The summed E-state index contributed by atoms with van der Waals surface area (Å²) in [5, 5.41) is 11.3. The Morgan fingerprint density at radius 1 is 1.27 bits per heavy atom. The standard InChI is InChI=1S/C27H31NO5/c1-5-8-18-14-23(32-25(29)16-19-9-6-7-10-22(19)28(30)31)26-20-13-17(2)11-12-21(20)27(3,4)33-24(26)15-18/h6-7,9-10,13-15,20-21H,5,8,11-12,16H2,1-4H3/t20-,21+/m1/s1. The van der Waals surface area contributed by atoms with Gasteiger partial charge in [0.05, 0.1) is 11.3 Å². The number of aryl methyl sites for hydroxylation is 1. The lowest BCUT2D eigenvalue weighted by Crippen LogP contribution is -2.45. The van der Waals surface area contributed by atoms with Crippen LogP contribution < -0.4 is 9.47 Å². The number of ether oxygens (including phenoxy) is 2. The molecule has 0 radical (unpaired) electrons. The number of carbonyl (C=O) groups excluding carboxylic acids is 1. The van der Waals surface area contributed by atoms with Gasteiger partial charge < -0.3 is 9.47 Å². The SMILES string of the molecule is CCCc1cc(OC(=O)Cc2ccccc2[N+](=O)[O-])c2c(c1)OC(C)(C)[C@H]1CCC(C)=C[C@@H]21.